The molecular weight excluding hydrogens is 336 g/mol. The number of rotatable bonds is 4. The van der Waals surface area contributed by atoms with Crippen LogP contribution in [0.4, 0.5) is 0 Å². The zero-order valence-corrected chi connectivity index (χ0v) is 13.5. The smallest absolute Gasteiger partial charge is 0.240 e. The molecule has 1 saturated heterocycles. The Bertz CT molecular complexity index is 405. The van der Waals surface area contributed by atoms with Gasteiger partial charge in [-0.25, -0.2) is 0 Å². The highest BCUT2D eigenvalue weighted by Gasteiger charge is 2.38. The van der Waals surface area contributed by atoms with Crippen LogP contribution in [0.5, 0.6) is 0 Å². The number of carbonyl (C=O) groups excluding carboxylic acids is 1. The number of halogens is 2. The molecule has 1 aromatic rings. The number of thiophene rings is 1. The number of carbonyl (C=O) groups is 1. The van der Waals surface area contributed by atoms with Gasteiger partial charge in [0.05, 0.1) is 12.1 Å². The van der Waals surface area contributed by atoms with Crippen LogP contribution >= 0.6 is 39.7 Å². The van der Waals surface area contributed by atoms with E-state index in [0.717, 1.165) is 30.3 Å². The molecule has 1 aliphatic heterocycles. The molecule has 0 aliphatic carbocycles. The van der Waals surface area contributed by atoms with Gasteiger partial charge in [0.25, 0.3) is 0 Å². The topological polar surface area (TPSA) is 41.1 Å². The fraction of sp³-hybridized carbons (Fsp3) is 0.583. The van der Waals surface area contributed by atoms with Gasteiger partial charge in [0, 0.05) is 14.7 Å². The lowest BCUT2D eigenvalue weighted by atomic mass is 9.93. The van der Waals surface area contributed by atoms with Crippen molar-refractivity contribution in [1.29, 1.82) is 0 Å². The van der Waals surface area contributed by atoms with Gasteiger partial charge in [-0.1, -0.05) is 6.92 Å². The van der Waals surface area contributed by atoms with Crippen LogP contribution in [0.3, 0.4) is 0 Å². The van der Waals surface area contributed by atoms with E-state index in [2.05, 4.69) is 33.5 Å². The van der Waals surface area contributed by atoms with Crippen molar-refractivity contribution < 1.29 is 4.79 Å². The molecule has 18 heavy (non-hydrogen) atoms. The summed E-state index contributed by atoms with van der Waals surface area (Å²) in [6.45, 7) is 3.64. The SMILES string of the molecule is CCC1(C(=O)NCc2cc(Br)cs2)CCCN1.Cl. The second kappa shape index (κ2) is 6.89. The summed E-state index contributed by atoms with van der Waals surface area (Å²) in [6.07, 6.45) is 2.89. The standard InChI is InChI=1S/C12H17BrN2OS.ClH/c1-2-12(4-3-5-15-12)11(16)14-7-10-6-9(13)8-17-10;/h6,8,15H,2-5,7H2,1H3,(H,14,16);1H. The first-order valence-corrected chi connectivity index (χ1v) is 7.60. The Morgan fingerprint density at radius 3 is 2.94 bits per heavy atom. The maximum absolute atomic E-state index is 12.2. The summed E-state index contributed by atoms with van der Waals surface area (Å²) in [7, 11) is 0. The molecule has 3 nitrogen and oxygen atoms in total. The molecule has 2 rings (SSSR count). The fourth-order valence-electron chi connectivity index (χ4n) is 2.25. The van der Waals surface area contributed by atoms with E-state index in [1.54, 1.807) is 11.3 Å². The van der Waals surface area contributed by atoms with E-state index in [4.69, 9.17) is 0 Å². The number of amides is 1. The maximum Gasteiger partial charge on any atom is 0.240 e. The van der Waals surface area contributed by atoms with Crippen LogP contribution in [-0.2, 0) is 11.3 Å². The third kappa shape index (κ3) is 3.47. The molecular formula is C12H18BrClN2OS. The molecule has 102 valence electrons. The van der Waals surface area contributed by atoms with E-state index in [9.17, 15) is 4.79 Å². The van der Waals surface area contributed by atoms with Crippen molar-refractivity contribution >= 4 is 45.6 Å². The van der Waals surface area contributed by atoms with Crippen molar-refractivity contribution in [3.8, 4) is 0 Å². The van der Waals surface area contributed by atoms with Gasteiger partial charge in [-0.3, -0.25) is 4.79 Å². The van der Waals surface area contributed by atoms with Crippen molar-refractivity contribution in [2.24, 2.45) is 0 Å². The maximum atomic E-state index is 12.2. The molecule has 1 aliphatic rings. The third-order valence-electron chi connectivity index (χ3n) is 3.33. The van der Waals surface area contributed by atoms with E-state index in [1.165, 1.54) is 4.88 Å². The average Bonchev–Trinajstić information content (AvgIpc) is 2.95. The second-order valence-electron chi connectivity index (χ2n) is 4.38. The van der Waals surface area contributed by atoms with Crippen molar-refractivity contribution in [2.45, 2.75) is 38.3 Å². The highest BCUT2D eigenvalue weighted by molar-refractivity contribution is 9.10. The van der Waals surface area contributed by atoms with Crippen LogP contribution in [0.1, 0.15) is 31.1 Å². The molecule has 0 aromatic carbocycles. The summed E-state index contributed by atoms with van der Waals surface area (Å²) in [5.74, 6) is 0.141. The predicted octanol–water partition coefficient (Wildman–Crippen LogP) is 3.08. The van der Waals surface area contributed by atoms with Gasteiger partial charge in [0.15, 0.2) is 0 Å². The number of nitrogens with one attached hydrogen (secondary N) is 2. The van der Waals surface area contributed by atoms with E-state index in [0.29, 0.717) is 6.54 Å². The summed E-state index contributed by atoms with van der Waals surface area (Å²) >= 11 is 5.07. The minimum atomic E-state index is -0.325. The predicted molar refractivity (Wildman–Crippen MR) is 81.4 cm³/mol. The van der Waals surface area contributed by atoms with Crippen LogP contribution < -0.4 is 10.6 Å². The second-order valence-corrected chi connectivity index (χ2v) is 6.29. The van der Waals surface area contributed by atoms with Crippen molar-refractivity contribution in [3.05, 3.63) is 20.8 Å². The quantitative estimate of drug-likeness (QED) is 0.873. The van der Waals surface area contributed by atoms with E-state index >= 15 is 0 Å². The minimum absolute atomic E-state index is 0. The molecule has 0 saturated carbocycles. The van der Waals surface area contributed by atoms with E-state index in [-0.39, 0.29) is 23.9 Å². The van der Waals surface area contributed by atoms with Gasteiger partial charge in [-0.15, -0.1) is 23.7 Å². The molecule has 1 aromatic heterocycles. The molecule has 0 spiro atoms. The monoisotopic (exact) mass is 352 g/mol. The number of hydrogen-bond donors (Lipinski definition) is 2. The van der Waals surface area contributed by atoms with Crippen molar-refractivity contribution in [2.75, 3.05) is 6.54 Å². The lowest BCUT2D eigenvalue weighted by Gasteiger charge is -2.26. The molecule has 0 radical (unpaired) electrons. The number of hydrogen-bond acceptors (Lipinski definition) is 3. The van der Waals surface area contributed by atoms with Crippen LogP contribution in [0, 0.1) is 0 Å². The molecule has 2 N–H and O–H groups in total. The summed E-state index contributed by atoms with van der Waals surface area (Å²) in [4.78, 5) is 13.4. The van der Waals surface area contributed by atoms with Gasteiger partial charge in [0.1, 0.15) is 0 Å². The summed E-state index contributed by atoms with van der Waals surface area (Å²) in [5.41, 5.74) is -0.325. The lowest BCUT2D eigenvalue weighted by Crippen LogP contribution is -2.52. The Balaban J connectivity index is 0.00000162. The Hall–Kier alpha value is -0.100. The highest BCUT2D eigenvalue weighted by atomic mass is 79.9. The van der Waals surface area contributed by atoms with Gasteiger partial charge in [0.2, 0.25) is 5.91 Å². The first-order valence-electron chi connectivity index (χ1n) is 5.92. The van der Waals surface area contributed by atoms with Crippen LogP contribution in [-0.4, -0.2) is 18.0 Å². The van der Waals surface area contributed by atoms with Gasteiger partial charge < -0.3 is 10.6 Å². The zero-order valence-electron chi connectivity index (χ0n) is 10.3. The van der Waals surface area contributed by atoms with Crippen molar-refractivity contribution in [3.63, 3.8) is 0 Å². The molecule has 6 heteroatoms. The van der Waals surface area contributed by atoms with Crippen LogP contribution in [0.2, 0.25) is 0 Å². The Morgan fingerprint density at radius 1 is 1.67 bits per heavy atom. The fourth-order valence-corrected chi connectivity index (χ4v) is 3.64. The lowest BCUT2D eigenvalue weighted by molar-refractivity contribution is -0.127. The normalized spacial score (nSPS) is 22.6. The Morgan fingerprint density at radius 2 is 2.44 bits per heavy atom. The van der Waals surface area contributed by atoms with Gasteiger partial charge in [-0.05, 0) is 47.8 Å². The Kier molecular flexibility index (Phi) is 6.11. The molecule has 1 unspecified atom stereocenters. The molecule has 1 fully saturated rings. The van der Waals surface area contributed by atoms with Gasteiger partial charge in [-0.2, -0.15) is 0 Å². The highest BCUT2D eigenvalue weighted by Crippen LogP contribution is 2.24. The van der Waals surface area contributed by atoms with Crippen molar-refractivity contribution in [1.82, 2.24) is 10.6 Å². The zero-order chi connectivity index (χ0) is 12.3. The van der Waals surface area contributed by atoms with Crippen LogP contribution in [0.15, 0.2) is 15.9 Å². The Labute approximate surface area is 126 Å². The minimum Gasteiger partial charge on any atom is -0.350 e. The first kappa shape index (κ1) is 16.0. The van der Waals surface area contributed by atoms with Crippen LogP contribution in [0.25, 0.3) is 0 Å². The van der Waals surface area contributed by atoms with Gasteiger partial charge >= 0.3 is 0 Å². The summed E-state index contributed by atoms with van der Waals surface area (Å²) < 4.78 is 1.08. The summed E-state index contributed by atoms with van der Waals surface area (Å²) in [6, 6.07) is 2.05. The largest absolute Gasteiger partial charge is 0.350 e. The molecule has 1 atom stereocenters. The molecule has 1 amide bonds. The average molecular weight is 354 g/mol. The summed E-state index contributed by atoms with van der Waals surface area (Å²) in [5, 5.41) is 8.41. The molecule has 2 heterocycles. The van der Waals surface area contributed by atoms with E-state index < -0.39 is 0 Å². The molecule has 0 bridgehead atoms. The van der Waals surface area contributed by atoms with E-state index in [1.807, 2.05) is 11.4 Å². The first-order chi connectivity index (χ1) is 8.16. The third-order valence-corrected chi connectivity index (χ3v) is 5.02.